The summed E-state index contributed by atoms with van der Waals surface area (Å²) < 4.78 is 47.4. The number of nitrogens with zero attached hydrogens (tertiary/aromatic N) is 3. The molecule has 3 fully saturated rings. The monoisotopic (exact) mass is 658 g/mol. The number of imide groups is 2. The van der Waals surface area contributed by atoms with E-state index in [1.54, 1.807) is 0 Å². The fraction of sp³-hybridized carbons (Fsp3) is 0.542. The van der Waals surface area contributed by atoms with Crippen LogP contribution in [0.25, 0.3) is 0 Å². The second-order valence-corrected chi connectivity index (χ2v) is 13.1. The predicted octanol–water partition coefficient (Wildman–Crippen LogP) is 1.43. The average Bonchev–Trinajstić information content (AvgIpc) is 3.70. The number of benzene rings is 1. The van der Waals surface area contributed by atoms with Gasteiger partial charge in [0.1, 0.15) is 6.10 Å². The number of fused-ring (bicyclic) bond motifs is 2. The van der Waals surface area contributed by atoms with Crippen molar-refractivity contribution >= 4 is 57.5 Å². The SMILES string of the molecule is CC(OC(=O)N1C(=O)N[C@@H]2[C@H](CCCCC(=O)ON3C(=O)CC(S(=O)(=O)O)C3=O)SC[C@@H]21)c1cc2c(cc1[N+](=O)[O-])OCO2. The zero-order valence-electron chi connectivity index (χ0n) is 22.9. The zero-order chi connectivity index (χ0) is 31.9. The van der Waals surface area contributed by atoms with E-state index in [9.17, 15) is 42.5 Å². The average molecular weight is 659 g/mol. The molecule has 5 rings (SSSR count). The highest BCUT2D eigenvalue weighted by molar-refractivity contribution is 8.00. The molecule has 44 heavy (non-hydrogen) atoms. The van der Waals surface area contributed by atoms with Crippen LogP contribution >= 0.6 is 11.8 Å². The Morgan fingerprint density at radius 2 is 1.93 bits per heavy atom. The first-order valence-corrected chi connectivity index (χ1v) is 15.8. The van der Waals surface area contributed by atoms with Crippen molar-refractivity contribution < 1.29 is 60.9 Å². The molecule has 0 aliphatic carbocycles. The van der Waals surface area contributed by atoms with Crippen molar-refractivity contribution in [3.05, 3.63) is 27.8 Å². The first kappa shape index (κ1) is 31.3. The van der Waals surface area contributed by atoms with Crippen LogP contribution in [0, 0.1) is 10.1 Å². The summed E-state index contributed by atoms with van der Waals surface area (Å²) in [5.74, 6) is -2.50. The number of nitro groups is 1. The van der Waals surface area contributed by atoms with Gasteiger partial charge in [-0.2, -0.15) is 20.2 Å². The van der Waals surface area contributed by atoms with Gasteiger partial charge in [0.15, 0.2) is 16.7 Å². The zero-order valence-corrected chi connectivity index (χ0v) is 24.5. The summed E-state index contributed by atoms with van der Waals surface area (Å²) in [5, 5.41) is 12.3. The number of carbonyl (C=O) groups excluding carboxylic acids is 5. The minimum absolute atomic E-state index is 0.0471. The molecule has 238 valence electrons. The highest BCUT2D eigenvalue weighted by Crippen LogP contribution is 2.42. The van der Waals surface area contributed by atoms with Gasteiger partial charge in [-0.1, -0.05) is 6.42 Å². The molecule has 0 aromatic heterocycles. The minimum Gasteiger partial charge on any atom is -0.454 e. The fourth-order valence-electron chi connectivity index (χ4n) is 5.32. The third kappa shape index (κ3) is 6.09. The van der Waals surface area contributed by atoms with E-state index in [-0.39, 0.29) is 52.7 Å². The van der Waals surface area contributed by atoms with Gasteiger partial charge in [-0.15, -0.1) is 5.06 Å². The molecule has 2 unspecified atom stereocenters. The van der Waals surface area contributed by atoms with Crippen molar-refractivity contribution in [2.75, 3.05) is 12.5 Å². The van der Waals surface area contributed by atoms with Crippen LogP contribution < -0.4 is 14.8 Å². The van der Waals surface area contributed by atoms with Crippen LogP contribution in [-0.4, -0.2) is 92.9 Å². The molecule has 5 atom stereocenters. The summed E-state index contributed by atoms with van der Waals surface area (Å²) in [4.78, 5) is 78.4. The maximum absolute atomic E-state index is 13.1. The Bertz CT molecular complexity index is 1530. The Morgan fingerprint density at radius 3 is 2.59 bits per heavy atom. The second-order valence-electron chi connectivity index (χ2n) is 10.3. The molecule has 5 amide bonds. The minimum atomic E-state index is -4.83. The van der Waals surface area contributed by atoms with Gasteiger partial charge in [0, 0.05) is 17.4 Å². The molecular weight excluding hydrogens is 632 g/mol. The summed E-state index contributed by atoms with van der Waals surface area (Å²) in [6.07, 6.45) is -1.84. The third-order valence-electron chi connectivity index (χ3n) is 7.50. The first-order chi connectivity index (χ1) is 20.8. The molecule has 18 nitrogen and oxygen atoms in total. The molecule has 20 heteroatoms. The van der Waals surface area contributed by atoms with Crippen molar-refractivity contribution in [1.82, 2.24) is 15.3 Å². The fourth-order valence-corrected chi connectivity index (χ4v) is 7.62. The number of hydrogen-bond donors (Lipinski definition) is 2. The Labute approximate surface area is 253 Å². The summed E-state index contributed by atoms with van der Waals surface area (Å²) in [6.45, 7) is 1.33. The van der Waals surface area contributed by atoms with Gasteiger partial charge < -0.3 is 24.4 Å². The molecule has 0 bridgehead atoms. The number of thioether (sulfide) groups is 1. The van der Waals surface area contributed by atoms with E-state index in [1.165, 1.54) is 30.8 Å². The smallest absolute Gasteiger partial charge is 0.418 e. The maximum Gasteiger partial charge on any atom is 0.418 e. The normalized spacial score (nSPS) is 24.7. The number of nitro benzene ring substituents is 1. The van der Waals surface area contributed by atoms with Gasteiger partial charge in [0.2, 0.25) is 6.79 Å². The Balaban J connectivity index is 1.11. The number of urea groups is 1. The molecular formula is C24H26N4O14S2. The number of nitrogens with one attached hydrogen (secondary N) is 1. The van der Waals surface area contributed by atoms with E-state index in [0.717, 1.165) is 4.90 Å². The van der Waals surface area contributed by atoms with E-state index in [0.29, 0.717) is 18.6 Å². The van der Waals surface area contributed by atoms with Crippen LogP contribution in [0.1, 0.15) is 50.7 Å². The van der Waals surface area contributed by atoms with E-state index >= 15 is 0 Å². The number of ether oxygens (including phenoxy) is 3. The number of hydrogen-bond acceptors (Lipinski definition) is 14. The molecule has 4 heterocycles. The Morgan fingerprint density at radius 1 is 1.23 bits per heavy atom. The van der Waals surface area contributed by atoms with Gasteiger partial charge >= 0.3 is 18.1 Å². The number of amides is 5. The molecule has 4 aliphatic heterocycles. The van der Waals surface area contributed by atoms with Crippen molar-refractivity contribution in [1.29, 1.82) is 0 Å². The number of rotatable bonds is 10. The molecule has 0 spiro atoms. The molecule has 1 aromatic carbocycles. The highest BCUT2D eigenvalue weighted by Gasteiger charge is 2.51. The van der Waals surface area contributed by atoms with Crippen LogP contribution in [0.2, 0.25) is 0 Å². The van der Waals surface area contributed by atoms with Crippen LogP contribution in [-0.2, 0) is 34.1 Å². The molecule has 0 saturated carbocycles. The lowest BCUT2D eigenvalue weighted by atomic mass is 10.0. The summed E-state index contributed by atoms with van der Waals surface area (Å²) in [7, 11) is -4.83. The van der Waals surface area contributed by atoms with Crippen molar-refractivity contribution in [2.24, 2.45) is 0 Å². The van der Waals surface area contributed by atoms with Gasteiger partial charge in [0.05, 0.1) is 35.1 Å². The van der Waals surface area contributed by atoms with Gasteiger partial charge in [0.25, 0.3) is 27.6 Å². The number of carbonyl (C=O) groups is 5. The molecule has 4 aliphatic rings. The molecule has 1 aromatic rings. The Hall–Kier alpha value is -4.17. The summed E-state index contributed by atoms with van der Waals surface area (Å²) >= 11 is 1.50. The Kier molecular flexibility index (Phi) is 8.58. The van der Waals surface area contributed by atoms with Crippen molar-refractivity contribution in [2.45, 2.75) is 67.7 Å². The van der Waals surface area contributed by atoms with Crippen molar-refractivity contribution in [3.63, 3.8) is 0 Å². The standard InChI is InChI=1S/C24H26N4O14S2/c1-11(12-6-15-16(40-10-39-15)7-13(12)28(34)35)41-24(33)26-14-9-43-17(21(14)25-23(26)32)4-2-3-5-20(30)42-27-19(29)8-18(22(27)31)44(36,37)38/h6-7,11,14,17-18,21H,2-5,8-10H2,1H3,(H,25,32)(H,36,37,38)/t11?,14-,17-,18?,21-/m0/s1. The van der Waals surface area contributed by atoms with Crippen LogP contribution in [0.3, 0.4) is 0 Å². The van der Waals surface area contributed by atoms with E-state index < -0.39 is 74.8 Å². The maximum atomic E-state index is 13.1. The van der Waals surface area contributed by atoms with Crippen LogP contribution in [0.15, 0.2) is 12.1 Å². The lowest BCUT2D eigenvalue weighted by Gasteiger charge is -2.22. The van der Waals surface area contributed by atoms with E-state index in [2.05, 4.69) is 5.32 Å². The first-order valence-electron chi connectivity index (χ1n) is 13.3. The number of hydroxylamine groups is 2. The van der Waals surface area contributed by atoms with E-state index in [4.69, 9.17) is 23.6 Å². The highest BCUT2D eigenvalue weighted by atomic mass is 32.2. The molecule has 2 N–H and O–H groups in total. The predicted molar refractivity (Wildman–Crippen MR) is 145 cm³/mol. The molecule has 0 radical (unpaired) electrons. The lowest BCUT2D eigenvalue weighted by molar-refractivity contribution is -0.386. The van der Waals surface area contributed by atoms with Gasteiger partial charge in [-0.3, -0.25) is 24.3 Å². The largest absolute Gasteiger partial charge is 0.454 e. The summed E-state index contributed by atoms with van der Waals surface area (Å²) in [6, 6.07) is 0.911. The lowest BCUT2D eigenvalue weighted by Crippen LogP contribution is -2.42. The third-order valence-corrected chi connectivity index (χ3v) is 10.1. The topological polar surface area (TPSA) is 238 Å². The number of unbranched alkanes of at least 4 members (excludes halogenated alkanes) is 1. The van der Waals surface area contributed by atoms with Crippen molar-refractivity contribution in [3.8, 4) is 11.5 Å². The van der Waals surface area contributed by atoms with Gasteiger partial charge in [-0.25, -0.2) is 19.3 Å². The quantitative estimate of drug-likeness (QED) is 0.0903. The van der Waals surface area contributed by atoms with Crippen LogP contribution in [0.4, 0.5) is 15.3 Å². The second kappa shape index (κ2) is 12.1. The van der Waals surface area contributed by atoms with Gasteiger partial charge in [-0.05, 0) is 25.8 Å². The molecule has 3 saturated heterocycles. The van der Waals surface area contributed by atoms with Crippen LogP contribution in [0.5, 0.6) is 11.5 Å². The van der Waals surface area contributed by atoms with E-state index in [1.807, 2.05) is 0 Å². The summed E-state index contributed by atoms with van der Waals surface area (Å²) in [5.41, 5.74) is -0.266.